The van der Waals surface area contributed by atoms with Crippen molar-refractivity contribution in [1.29, 1.82) is 0 Å². The van der Waals surface area contributed by atoms with Crippen LogP contribution in [-0.2, 0) is 14.9 Å². The fraction of sp³-hybridized carbons (Fsp3) is 0.500. The number of ether oxygens (including phenoxy) is 1. The molecule has 2 atom stereocenters. The van der Waals surface area contributed by atoms with E-state index < -0.39 is 0 Å². The van der Waals surface area contributed by atoms with Crippen LogP contribution in [0.15, 0.2) is 66.7 Å². The summed E-state index contributed by atoms with van der Waals surface area (Å²) in [7, 11) is 1.52. The molecule has 2 aliphatic carbocycles. The lowest BCUT2D eigenvalue weighted by molar-refractivity contribution is -0.140. The van der Waals surface area contributed by atoms with Crippen molar-refractivity contribution in [3.63, 3.8) is 0 Å². The van der Waals surface area contributed by atoms with Crippen LogP contribution < -0.4 is 0 Å². The number of esters is 1. The Hall–Kier alpha value is -2.87. The van der Waals surface area contributed by atoms with Crippen LogP contribution in [0.3, 0.4) is 0 Å². The maximum absolute atomic E-state index is 12.2. The minimum Gasteiger partial charge on any atom is -0.469 e. The van der Waals surface area contributed by atoms with Gasteiger partial charge in [0.05, 0.1) is 7.11 Å². The number of benzene rings is 4. The van der Waals surface area contributed by atoms with Gasteiger partial charge < -0.3 is 4.74 Å². The van der Waals surface area contributed by atoms with Gasteiger partial charge in [0.15, 0.2) is 0 Å². The van der Waals surface area contributed by atoms with Crippen LogP contribution in [0, 0.1) is 11.8 Å². The van der Waals surface area contributed by atoms with E-state index in [0.717, 1.165) is 24.7 Å². The fourth-order valence-corrected chi connectivity index (χ4v) is 8.39. The second kappa shape index (κ2) is 12.3. The highest BCUT2D eigenvalue weighted by Gasteiger charge is 2.63. The Morgan fingerprint density at radius 2 is 1.30 bits per heavy atom. The van der Waals surface area contributed by atoms with Gasteiger partial charge in [-0.15, -0.1) is 0 Å². The highest BCUT2D eigenvalue weighted by Crippen LogP contribution is 2.68. The van der Waals surface area contributed by atoms with Crippen molar-refractivity contribution in [2.75, 3.05) is 7.11 Å². The third-order valence-electron chi connectivity index (χ3n) is 10.4. The molecule has 0 aromatic heterocycles. The summed E-state index contributed by atoms with van der Waals surface area (Å²) in [6.45, 7) is 0. The normalized spacial score (nSPS) is 25.6. The standard InChI is InChI=1S/C38H46O2/c1-40-35(39)20-15-27-38(33-18-12-10-8-6-4-2-3-5-7-9-11-13-19-34(33)38)32-26-24-30-22-21-28-16-14-17-29-23-25-31(32)37(30)36(28)29/h2-3,14,16-17,21-26,33-34H,4-13,15,18-20,27H2,1H3/b3-2-. The minimum absolute atomic E-state index is 0.0709. The van der Waals surface area contributed by atoms with Crippen LogP contribution in [-0.4, -0.2) is 13.1 Å². The van der Waals surface area contributed by atoms with Gasteiger partial charge >= 0.3 is 5.97 Å². The van der Waals surface area contributed by atoms with Crippen molar-refractivity contribution in [3.05, 3.63) is 72.3 Å². The molecule has 0 N–H and O–H groups in total. The lowest BCUT2D eigenvalue weighted by atomic mass is 9.80. The van der Waals surface area contributed by atoms with Crippen molar-refractivity contribution in [3.8, 4) is 0 Å². The molecule has 0 aliphatic heterocycles. The monoisotopic (exact) mass is 534 g/mol. The summed E-state index contributed by atoms with van der Waals surface area (Å²) < 4.78 is 5.06. The van der Waals surface area contributed by atoms with Crippen LogP contribution >= 0.6 is 0 Å². The fourth-order valence-electron chi connectivity index (χ4n) is 8.39. The largest absolute Gasteiger partial charge is 0.469 e. The molecule has 1 fully saturated rings. The summed E-state index contributed by atoms with van der Waals surface area (Å²) in [5.41, 5.74) is 1.73. The Labute approximate surface area is 240 Å². The SMILES string of the molecule is COC(=O)CCCC1(c2ccc3ccc4cccc5ccc2c3c45)C2CCCCCC/C=C\CCCCCCC21. The first-order valence-corrected chi connectivity index (χ1v) is 16.1. The summed E-state index contributed by atoms with van der Waals surface area (Å²) in [5, 5.41) is 8.32. The number of fused-ring (bicyclic) bond motifs is 1. The van der Waals surface area contributed by atoms with E-state index in [-0.39, 0.29) is 11.4 Å². The lowest BCUT2D eigenvalue weighted by Gasteiger charge is -2.24. The molecule has 0 spiro atoms. The molecule has 0 amide bonds. The molecule has 2 nitrogen and oxygen atoms in total. The first-order valence-electron chi connectivity index (χ1n) is 16.1. The molecule has 6 rings (SSSR count). The van der Waals surface area contributed by atoms with E-state index in [4.69, 9.17) is 4.74 Å². The number of allylic oxidation sites excluding steroid dienone is 2. The van der Waals surface area contributed by atoms with Crippen molar-refractivity contribution in [1.82, 2.24) is 0 Å². The Bertz CT molecular complexity index is 1420. The number of hydrogen-bond donors (Lipinski definition) is 0. The second-order valence-corrected chi connectivity index (χ2v) is 12.6. The summed E-state index contributed by atoms with van der Waals surface area (Å²) in [5.74, 6) is 1.37. The topological polar surface area (TPSA) is 26.3 Å². The molecule has 2 heteroatoms. The highest BCUT2D eigenvalue weighted by molar-refractivity contribution is 6.23. The van der Waals surface area contributed by atoms with Crippen molar-refractivity contribution in [2.45, 2.75) is 102 Å². The van der Waals surface area contributed by atoms with E-state index in [1.54, 1.807) is 5.56 Å². The van der Waals surface area contributed by atoms with Gasteiger partial charge in [-0.3, -0.25) is 4.79 Å². The van der Waals surface area contributed by atoms with E-state index >= 15 is 0 Å². The molecule has 2 unspecified atom stereocenters. The van der Waals surface area contributed by atoms with E-state index in [1.165, 1.54) is 116 Å². The van der Waals surface area contributed by atoms with Crippen LogP contribution in [0.25, 0.3) is 32.3 Å². The average molecular weight is 535 g/mol. The molecule has 0 bridgehead atoms. The third-order valence-corrected chi connectivity index (χ3v) is 10.4. The molecular weight excluding hydrogens is 488 g/mol. The first-order chi connectivity index (χ1) is 19.7. The molecule has 0 radical (unpaired) electrons. The van der Waals surface area contributed by atoms with Gasteiger partial charge in [-0.2, -0.15) is 0 Å². The lowest BCUT2D eigenvalue weighted by Crippen LogP contribution is -2.15. The van der Waals surface area contributed by atoms with Crippen LogP contribution in [0.2, 0.25) is 0 Å². The first kappa shape index (κ1) is 27.3. The smallest absolute Gasteiger partial charge is 0.305 e. The molecule has 4 aromatic carbocycles. The van der Waals surface area contributed by atoms with Gasteiger partial charge in [0, 0.05) is 11.8 Å². The third kappa shape index (κ3) is 5.27. The number of carbonyl (C=O) groups excluding carboxylic acids is 1. The van der Waals surface area contributed by atoms with Gasteiger partial charge in [-0.05, 0) is 101 Å². The van der Waals surface area contributed by atoms with Gasteiger partial charge in [0.1, 0.15) is 0 Å². The Morgan fingerprint density at radius 3 is 1.95 bits per heavy atom. The zero-order chi connectivity index (χ0) is 27.4. The van der Waals surface area contributed by atoms with Gasteiger partial charge in [-0.25, -0.2) is 0 Å². The second-order valence-electron chi connectivity index (χ2n) is 12.6. The van der Waals surface area contributed by atoms with Gasteiger partial charge in [-0.1, -0.05) is 105 Å². The summed E-state index contributed by atoms with van der Waals surface area (Å²) in [6.07, 6.45) is 23.2. The molecular formula is C38H46O2. The molecule has 1 saturated carbocycles. The Morgan fingerprint density at radius 1 is 0.725 bits per heavy atom. The van der Waals surface area contributed by atoms with Crippen LogP contribution in [0.1, 0.15) is 102 Å². The zero-order valence-corrected chi connectivity index (χ0v) is 24.4. The van der Waals surface area contributed by atoms with E-state index in [9.17, 15) is 4.79 Å². The zero-order valence-electron chi connectivity index (χ0n) is 24.4. The van der Waals surface area contributed by atoms with Gasteiger partial charge in [0.2, 0.25) is 0 Å². The quantitative estimate of drug-likeness (QED) is 0.145. The molecule has 2 aliphatic rings. The molecule has 4 aromatic rings. The summed E-state index contributed by atoms with van der Waals surface area (Å²) in [6, 6.07) is 20.9. The van der Waals surface area contributed by atoms with E-state index in [0.29, 0.717) is 6.42 Å². The molecule has 210 valence electrons. The van der Waals surface area contributed by atoms with E-state index in [2.05, 4.69) is 66.7 Å². The van der Waals surface area contributed by atoms with Crippen molar-refractivity contribution < 1.29 is 9.53 Å². The maximum Gasteiger partial charge on any atom is 0.305 e. The number of rotatable bonds is 5. The predicted molar refractivity (Wildman–Crippen MR) is 169 cm³/mol. The average Bonchev–Trinajstić information content (AvgIpc) is 3.60. The van der Waals surface area contributed by atoms with E-state index in [1.807, 2.05) is 0 Å². The van der Waals surface area contributed by atoms with Crippen molar-refractivity contribution >= 4 is 38.3 Å². The van der Waals surface area contributed by atoms with Crippen LogP contribution in [0.5, 0.6) is 0 Å². The number of carbonyl (C=O) groups is 1. The summed E-state index contributed by atoms with van der Waals surface area (Å²) in [4.78, 5) is 12.2. The molecule has 0 heterocycles. The Balaban J connectivity index is 1.39. The number of hydrogen-bond acceptors (Lipinski definition) is 2. The highest BCUT2D eigenvalue weighted by atomic mass is 16.5. The minimum atomic E-state index is -0.0709. The number of methoxy groups -OCH3 is 1. The Kier molecular flexibility index (Phi) is 8.42. The molecule has 0 saturated heterocycles. The van der Waals surface area contributed by atoms with Crippen LogP contribution in [0.4, 0.5) is 0 Å². The molecule has 40 heavy (non-hydrogen) atoms. The summed E-state index contributed by atoms with van der Waals surface area (Å²) >= 11 is 0. The maximum atomic E-state index is 12.2. The predicted octanol–water partition coefficient (Wildman–Crippen LogP) is 10.7. The van der Waals surface area contributed by atoms with Crippen molar-refractivity contribution in [2.24, 2.45) is 11.8 Å². The van der Waals surface area contributed by atoms with Gasteiger partial charge in [0.25, 0.3) is 0 Å².